The molecule has 0 aliphatic carbocycles. The molecule has 0 aromatic carbocycles. The van der Waals surface area contributed by atoms with Crippen LogP contribution in [0.15, 0.2) is 4.99 Å². The average molecular weight is 612 g/mol. The van der Waals surface area contributed by atoms with Gasteiger partial charge in [-0.15, -0.1) is 0 Å². The molecule has 43 heavy (non-hydrogen) atoms. The largest absolute Gasteiger partial charge is 0.370 e. The molecular weight excluding hydrogens is 558 g/mol. The van der Waals surface area contributed by atoms with Gasteiger partial charge in [0.2, 0.25) is 35.4 Å². The van der Waals surface area contributed by atoms with Gasteiger partial charge in [0.05, 0.1) is 6.54 Å². The number of amides is 6. The molecule has 6 amide bonds. The zero-order chi connectivity index (χ0) is 33.3. The molecule has 0 aromatic heterocycles. The molecule has 0 heterocycles. The lowest BCUT2D eigenvalue weighted by atomic mass is 9.94. The summed E-state index contributed by atoms with van der Waals surface area (Å²) in [6.45, 7) is 12.0. The van der Waals surface area contributed by atoms with Gasteiger partial charge in [0, 0.05) is 13.5 Å². The highest BCUT2D eigenvalue weighted by Crippen LogP contribution is 2.14. The number of nitrogens with two attached hydrogens (primary N) is 3. The number of hydrogen-bond acceptors (Lipinski definition) is 7. The predicted molar refractivity (Wildman–Crippen MR) is 164 cm³/mol. The van der Waals surface area contributed by atoms with Crippen LogP contribution in [0.1, 0.15) is 80.6 Å². The van der Waals surface area contributed by atoms with Crippen molar-refractivity contribution in [2.75, 3.05) is 13.1 Å². The highest BCUT2D eigenvalue weighted by molar-refractivity contribution is 5.96. The second-order valence-corrected chi connectivity index (χ2v) is 11.2. The van der Waals surface area contributed by atoms with E-state index in [2.05, 4.69) is 31.6 Å². The minimum absolute atomic E-state index is 0.115. The summed E-state index contributed by atoms with van der Waals surface area (Å²) in [5.41, 5.74) is 16.3. The van der Waals surface area contributed by atoms with Gasteiger partial charge >= 0.3 is 0 Å². The Morgan fingerprint density at radius 2 is 1.30 bits per heavy atom. The van der Waals surface area contributed by atoms with Crippen molar-refractivity contribution in [3.63, 3.8) is 0 Å². The van der Waals surface area contributed by atoms with Gasteiger partial charge < -0.3 is 43.8 Å². The number of rotatable bonds is 20. The summed E-state index contributed by atoms with van der Waals surface area (Å²) in [7, 11) is 0. The van der Waals surface area contributed by atoms with E-state index in [1.807, 2.05) is 13.8 Å². The summed E-state index contributed by atoms with van der Waals surface area (Å²) in [6.07, 6.45) is 2.35. The molecule has 0 aliphatic heterocycles. The Hall–Kier alpha value is -3.91. The van der Waals surface area contributed by atoms with Crippen LogP contribution in [-0.4, -0.2) is 78.7 Å². The number of carbonyl (C=O) groups is 6. The van der Waals surface area contributed by atoms with Crippen LogP contribution in [0.2, 0.25) is 0 Å². The second-order valence-electron chi connectivity index (χ2n) is 11.2. The molecule has 0 aliphatic rings. The number of aliphatic imine (C=N–C) groups is 1. The van der Waals surface area contributed by atoms with E-state index in [9.17, 15) is 28.8 Å². The number of guanidine groups is 1. The summed E-state index contributed by atoms with van der Waals surface area (Å²) >= 11 is 0. The molecule has 0 unspecified atom stereocenters. The van der Waals surface area contributed by atoms with E-state index in [1.165, 1.54) is 6.92 Å². The van der Waals surface area contributed by atoms with E-state index in [4.69, 9.17) is 17.2 Å². The maximum atomic E-state index is 13.7. The Kier molecular flexibility index (Phi) is 18.2. The van der Waals surface area contributed by atoms with Crippen molar-refractivity contribution in [3.8, 4) is 0 Å². The molecule has 0 aromatic rings. The summed E-state index contributed by atoms with van der Waals surface area (Å²) in [4.78, 5) is 79.8. The highest BCUT2D eigenvalue weighted by atomic mass is 16.2. The molecule has 0 saturated heterocycles. The quantitative estimate of drug-likeness (QED) is 0.0467. The first-order valence-electron chi connectivity index (χ1n) is 14.8. The fraction of sp³-hybridized carbons (Fsp3) is 0.750. The number of nitrogens with zero attached hydrogens (tertiary/aromatic N) is 1. The first kappa shape index (κ1) is 39.1. The number of carbonyl (C=O) groups excluding carboxylic acids is 6. The van der Waals surface area contributed by atoms with Crippen molar-refractivity contribution < 1.29 is 28.8 Å². The first-order chi connectivity index (χ1) is 20.0. The molecule has 0 bridgehead atoms. The third-order valence-corrected chi connectivity index (χ3v) is 7.05. The molecule has 246 valence electrons. The van der Waals surface area contributed by atoms with Gasteiger partial charge in [0.15, 0.2) is 5.96 Å². The maximum absolute atomic E-state index is 13.7. The molecule has 0 rings (SSSR count). The predicted octanol–water partition coefficient (Wildman–Crippen LogP) is -1.26. The number of hydrogen-bond donors (Lipinski definition) is 8. The van der Waals surface area contributed by atoms with E-state index in [-0.39, 0.29) is 43.2 Å². The van der Waals surface area contributed by atoms with Gasteiger partial charge in [0.25, 0.3) is 0 Å². The van der Waals surface area contributed by atoms with Crippen LogP contribution in [0.4, 0.5) is 0 Å². The van der Waals surface area contributed by atoms with Gasteiger partial charge in [-0.2, -0.15) is 0 Å². The molecular formula is C28H53N9O6. The van der Waals surface area contributed by atoms with Crippen LogP contribution < -0.4 is 43.8 Å². The zero-order valence-corrected chi connectivity index (χ0v) is 26.6. The Morgan fingerprint density at radius 3 is 1.79 bits per heavy atom. The Morgan fingerprint density at radius 1 is 0.721 bits per heavy atom. The Balaban J connectivity index is 6.04. The van der Waals surface area contributed by atoms with Crippen molar-refractivity contribution in [2.24, 2.45) is 39.9 Å². The highest BCUT2D eigenvalue weighted by Gasteiger charge is 2.34. The van der Waals surface area contributed by atoms with Crippen LogP contribution >= 0.6 is 0 Å². The monoisotopic (exact) mass is 611 g/mol. The van der Waals surface area contributed by atoms with Crippen molar-refractivity contribution in [1.82, 2.24) is 26.6 Å². The zero-order valence-electron chi connectivity index (χ0n) is 26.6. The van der Waals surface area contributed by atoms with E-state index in [0.29, 0.717) is 19.3 Å². The van der Waals surface area contributed by atoms with Gasteiger partial charge in [-0.3, -0.25) is 33.8 Å². The minimum Gasteiger partial charge on any atom is -0.370 e. The molecule has 0 spiro atoms. The lowest BCUT2D eigenvalue weighted by Crippen LogP contribution is -2.60. The van der Waals surface area contributed by atoms with Gasteiger partial charge in [-0.05, 0) is 37.0 Å². The van der Waals surface area contributed by atoms with Crippen LogP contribution in [-0.2, 0) is 28.8 Å². The third kappa shape index (κ3) is 15.2. The van der Waals surface area contributed by atoms with E-state index in [0.717, 1.165) is 6.42 Å². The fourth-order valence-corrected chi connectivity index (χ4v) is 4.31. The smallest absolute Gasteiger partial charge is 0.243 e. The standard InChI is InChI=1S/C28H53N9O6/c1-8-11-17(6)23(37-26(42)21(15(3)4)35-20(39)14-33-18(7)38)27(43)34-19(12-10-13-32-28(30)31)25(41)36-22(24(29)40)16(5)9-2/h15-17,19,21-23H,8-14H2,1-7H3,(H2,29,40)(H,33,38)(H,34,43)(H,35,39)(H,36,41)(H,37,42)(H4,30,31,32)/t16-,17-,19-,21-,22-,23-/m0/s1. The Bertz CT molecular complexity index is 984. The lowest BCUT2D eigenvalue weighted by molar-refractivity contribution is -0.136. The number of nitrogens with one attached hydrogen (secondary N) is 5. The third-order valence-electron chi connectivity index (χ3n) is 7.05. The summed E-state index contributed by atoms with van der Waals surface area (Å²) in [5, 5.41) is 13.1. The first-order valence-corrected chi connectivity index (χ1v) is 14.8. The SMILES string of the molecule is CCC[C@H](C)[C@H](NC(=O)[C@@H](NC(=O)CNC(C)=O)C(C)C)C(=O)N[C@@H](CCCN=C(N)N)C(=O)N[C@H](C(N)=O)[C@@H](C)CC. The normalized spacial score (nSPS) is 15.1. The lowest BCUT2D eigenvalue weighted by Gasteiger charge is -2.30. The van der Waals surface area contributed by atoms with E-state index in [1.54, 1.807) is 27.7 Å². The van der Waals surface area contributed by atoms with E-state index >= 15 is 0 Å². The van der Waals surface area contributed by atoms with E-state index < -0.39 is 59.6 Å². The topological polar surface area (TPSA) is 253 Å². The summed E-state index contributed by atoms with van der Waals surface area (Å²) < 4.78 is 0. The minimum atomic E-state index is -1.08. The molecule has 6 atom stereocenters. The summed E-state index contributed by atoms with van der Waals surface area (Å²) in [6, 6.07) is -4.07. The maximum Gasteiger partial charge on any atom is 0.243 e. The molecule has 11 N–H and O–H groups in total. The molecule has 0 fully saturated rings. The molecule has 15 nitrogen and oxygen atoms in total. The molecule has 15 heteroatoms. The van der Waals surface area contributed by atoms with Crippen molar-refractivity contribution in [3.05, 3.63) is 0 Å². The second kappa shape index (κ2) is 20.1. The van der Waals surface area contributed by atoms with Gasteiger partial charge in [0.1, 0.15) is 24.2 Å². The van der Waals surface area contributed by atoms with Crippen LogP contribution in [0.3, 0.4) is 0 Å². The average Bonchev–Trinajstić information content (AvgIpc) is 2.92. The fourth-order valence-electron chi connectivity index (χ4n) is 4.31. The van der Waals surface area contributed by atoms with Gasteiger partial charge in [-0.1, -0.05) is 54.4 Å². The van der Waals surface area contributed by atoms with Crippen LogP contribution in [0.25, 0.3) is 0 Å². The number of primary amides is 1. The van der Waals surface area contributed by atoms with Crippen molar-refractivity contribution in [1.29, 1.82) is 0 Å². The van der Waals surface area contributed by atoms with Crippen LogP contribution in [0, 0.1) is 17.8 Å². The van der Waals surface area contributed by atoms with Crippen LogP contribution in [0.5, 0.6) is 0 Å². The van der Waals surface area contributed by atoms with Gasteiger partial charge in [-0.25, -0.2) is 0 Å². The molecule has 0 saturated carbocycles. The molecule has 0 radical (unpaired) electrons. The Labute approximate surface area is 254 Å². The van der Waals surface area contributed by atoms with Crippen molar-refractivity contribution in [2.45, 2.75) is 105 Å². The summed E-state index contributed by atoms with van der Waals surface area (Å²) in [5.74, 6) is -4.50. The van der Waals surface area contributed by atoms with Crippen molar-refractivity contribution >= 4 is 41.4 Å².